The molecule has 0 unspecified atom stereocenters. The molecule has 2 rings (SSSR count). The van der Waals surface area contributed by atoms with Crippen LogP contribution in [0.3, 0.4) is 0 Å². The normalized spacial score (nSPS) is 19.6. The first-order valence-electron chi connectivity index (χ1n) is 6.15. The van der Waals surface area contributed by atoms with Crippen LogP contribution in [0.25, 0.3) is 6.08 Å². The highest BCUT2D eigenvalue weighted by Gasteiger charge is 2.26. The predicted molar refractivity (Wildman–Crippen MR) is 71.5 cm³/mol. The highest BCUT2D eigenvalue weighted by atomic mass is 16.4. The lowest BCUT2D eigenvalue weighted by atomic mass is 10.2. The van der Waals surface area contributed by atoms with Gasteiger partial charge in [-0.25, -0.2) is 0 Å². The van der Waals surface area contributed by atoms with E-state index < -0.39 is 12.0 Å². The van der Waals surface area contributed by atoms with E-state index in [4.69, 9.17) is 5.11 Å². The van der Waals surface area contributed by atoms with Crippen molar-refractivity contribution in [1.29, 1.82) is 0 Å². The maximum absolute atomic E-state index is 12.0. The van der Waals surface area contributed by atoms with Gasteiger partial charge in [-0.05, 0) is 11.6 Å². The van der Waals surface area contributed by atoms with E-state index in [0.717, 1.165) is 5.56 Å². The van der Waals surface area contributed by atoms with Crippen LogP contribution in [0.5, 0.6) is 0 Å². The minimum atomic E-state index is -0.926. The molecule has 0 aromatic heterocycles. The zero-order valence-corrected chi connectivity index (χ0v) is 10.5. The van der Waals surface area contributed by atoms with E-state index in [2.05, 4.69) is 5.32 Å². The molecule has 1 fully saturated rings. The van der Waals surface area contributed by atoms with Gasteiger partial charge in [0.25, 0.3) is 0 Å². The summed E-state index contributed by atoms with van der Waals surface area (Å²) in [6, 6.07) is 8.84. The van der Waals surface area contributed by atoms with Gasteiger partial charge >= 0.3 is 5.97 Å². The number of hydrogen-bond donors (Lipinski definition) is 2. The van der Waals surface area contributed by atoms with Crippen molar-refractivity contribution in [3.05, 3.63) is 42.0 Å². The fourth-order valence-corrected chi connectivity index (χ4v) is 1.95. The first-order valence-corrected chi connectivity index (χ1v) is 6.15. The summed E-state index contributed by atoms with van der Waals surface area (Å²) in [6.07, 6.45) is 3.22. The fourth-order valence-electron chi connectivity index (χ4n) is 1.95. The van der Waals surface area contributed by atoms with Crippen LogP contribution in [0.2, 0.25) is 0 Å². The molecular weight excluding hydrogens is 244 g/mol. The van der Waals surface area contributed by atoms with Crippen molar-refractivity contribution in [2.45, 2.75) is 6.04 Å². The van der Waals surface area contributed by atoms with Crippen molar-refractivity contribution in [2.24, 2.45) is 0 Å². The number of hydrogen-bond acceptors (Lipinski definition) is 3. The van der Waals surface area contributed by atoms with Crippen molar-refractivity contribution in [2.75, 3.05) is 19.6 Å². The summed E-state index contributed by atoms with van der Waals surface area (Å²) in [7, 11) is 0. The average molecular weight is 260 g/mol. The monoisotopic (exact) mass is 260 g/mol. The van der Waals surface area contributed by atoms with E-state index in [0.29, 0.717) is 13.1 Å². The van der Waals surface area contributed by atoms with Crippen molar-refractivity contribution >= 4 is 18.0 Å². The number of benzene rings is 1. The fraction of sp³-hybridized carbons (Fsp3) is 0.286. The molecule has 100 valence electrons. The van der Waals surface area contributed by atoms with Gasteiger partial charge in [0.2, 0.25) is 5.91 Å². The lowest BCUT2D eigenvalue weighted by Gasteiger charge is -2.30. The topological polar surface area (TPSA) is 69.6 Å². The van der Waals surface area contributed by atoms with Crippen molar-refractivity contribution in [1.82, 2.24) is 10.2 Å². The smallest absolute Gasteiger partial charge is 0.322 e. The van der Waals surface area contributed by atoms with E-state index in [1.54, 1.807) is 11.0 Å². The second-order valence-corrected chi connectivity index (χ2v) is 4.37. The minimum Gasteiger partial charge on any atom is -0.480 e. The number of amides is 1. The molecule has 1 aromatic carbocycles. The van der Waals surface area contributed by atoms with Gasteiger partial charge in [0.1, 0.15) is 6.04 Å². The van der Waals surface area contributed by atoms with Crippen LogP contribution >= 0.6 is 0 Å². The number of carboxylic acids is 1. The molecule has 1 aliphatic rings. The first kappa shape index (κ1) is 13.3. The zero-order chi connectivity index (χ0) is 13.7. The molecule has 0 aliphatic carbocycles. The van der Waals surface area contributed by atoms with Gasteiger partial charge in [0, 0.05) is 25.7 Å². The molecule has 1 aliphatic heterocycles. The third-order valence-electron chi connectivity index (χ3n) is 3.00. The van der Waals surface area contributed by atoms with Crippen molar-refractivity contribution in [3.8, 4) is 0 Å². The highest BCUT2D eigenvalue weighted by Crippen LogP contribution is 2.04. The molecule has 1 atom stereocenters. The van der Waals surface area contributed by atoms with Gasteiger partial charge in [-0.2, -0.15) is 0 Å². The second kappa shape index (κ2) is 6.15. The number of carbonyl (C=O) groups is 2. The van der Waals surface area contributed by atoms with Crippen LogP contribution in [0.4, 0.5) is 0 Å². The standard InChI is InChI=1S/C14H16N2O3/c17-13(7-6-11-4-2-1-3-5-11)16-9-8-15-12(10-16)14(18)19/h1-7,12,15H,8-10H2,(H,18,19)/b7-6+/t12-/m0/s1. The molecule has 0 radical (unpaired) electrons. The van der Waals surface area contributed by atoms with Crippen LogP contribution in [-0.4, -0.2) is 47.6 Å². The minimum absolute atomic E-state index is 0.156. The van der Waals surface area contributed by atoms with Crippen molar-refractivity contribution in [3.63, 3.8) is 0 Å². The van der Waals surface area contributed by atoms with Crippen LogP contribution in [0.1, 0.15) is 5.56 Å². The van der Waals surface area contributed by atoms with Crippen molar-refractivity contribution < 1.29 is 14.7 Å². The lowest BCUT2D eigenvalue weighted by molar-refractivity contribution is -0.141. The van der Waals surface area contributed by atoms with E-state index in [9.17, 15) is 9.59 Å². The van der Waals surface area contributed by atoms with Gasteiger partial charge in [-0.1, -0.05) is 30.3 Å². The van der Waals surface area contributed by atoms with Gasteiger partial charge in [0.05, 0.1) is 0 Å². The average Bonchev–Trinajstić information content (AvgIpc) is 2.46. The van der Waals surface area contributed by atoms with Crippen LogP contribution in [0.15, 0.2) is 36.4 Å². The molecule has 0 bridgehead atoms. The number of carbonyl (C=O) groups excluding carboxylic acids is 1. The Hall–Kier alpha value is -2.14. The molecule has 1 saturated heterocycles. The Bertz CT molecular complexity index is 485. The Morgan fingerprint density at radius 3 is 2.74 bits per heavy atom. The molecular formula is C14H16N2O3. The summed E-state index contributed by atoms with van der Waals surface area (Å²) in [5, 5.41) is 11.8. The Balaban J connectivity index is 1.96. The number of nitrogens with one attached hydrogen (secondary N) is 1. The third kappa shape index (κ3) is 3.66. The van der Waals surface area contributed by atoms with E-state index in [1.165, 1.54) is 6.08 Å². The van der Waals surface area contributed by atoms with Gasteiger partial charge < -0.3 is 15.3 Å². The summed E-state index contributed by atoms with van der Waals surface area (Å²) in [5.41, 5.74) is 0.945. The summed E-state index contributed by atoms with van der Waals surface area (Å²) in [6.45, 7) is 1.23. The summed E-state index contributed by atoms with van der Waals surface area (Å²) in [4.78, 5) is 24.4. The van der Waals surface area contributed by atoms with E-state index in [1.807, 2.05) is 30.3 Å². The zero-order valence-electron chi connectivity index (χ0n) is 10.5. The molecule has 1 amide bonds. The Kier molecular flexibility index (Phi) is 4.30. The van der Waals surface area contributed by atoms with Crippen LogP contribution in [-0.2, 0) is 9.59 Å². The number of carboxylic acid groups (broad SMARTS) is 1. The second-order valence-electron chi connectivity index (χ2n) is 4.37. The van der Waals surface area contributed by atoms with Crippen LogP contribution < -0.4 is 5.32 Å². The summed E-state index contributed by atoms with van der Waals surface area (Å²) < 4.78 is 0. The Labute approximate surface area is 111 Å². The van der Waals surface area contributed by atoms with Crippen LogP contribution in [0, 0.1) is 0 Å². The molecule has 5 nitrogen and oxygen atoms in total. The van der Waals surface area contributed by atoms with Gasteiger partial charge in [-0.3, -0.25) is 9.59 Å². The number of aliphatic carboxylic acids is 1. The molecule has 1 heterocycles. The third-order valence-corrected chi connectivity index (χ3v) is 3.00. The molecule has 19 heavy (non-hydrogen) atoms. The molecule has 2 N–H and O–H groups in total. The predicted octanol–water partition coefficient (Wildman–Crippen LogP) is 0.585. The van der Waals surface area contributed by atoms with E-state index >= 15 is 0 Å². The van der Waals surface area contributed by atoms with E-state index in [-0.39, 0.29) is 12.5 Å². The SMILES string of the molecule is O=C(O)[C@@H]1CN(C(=O)/C=C/c2ccccc2)CCN1. The quantitative estimate of drug-likeness (QED) is 0.780. The van der Waals surface area contributed by atoms with Gasteiger partial charge in [0.15, 0.2) is 0 Å². The summed E-state index contributed by atoms with van der Waals surface area (Å²) in [5.74, 6) is -1.08. The number of nitrogens with zero attached hydrogens (tertiary/aromatic N) is 1. The molecule has 0 saturated carbocycles. The Morgan fingerprint density at radius 1 is 1.32 bits per heavy atom. The number of rotatable bonds is 3. The molecule has 0 spiro atoms. The van der Waals surface area contributed by atoms with Gasteiger partial charge in [-0.15, -0.1) is 0 Å². The maximum Gasteiger partial charge on any atom is 0.322 e. The maximum atomic E-state index is 12.0. The molecule has 5 heteroatoms. The highest BCUT2D eigenvalue weighted by molar-refractivity contribution is 5.92. The number of piperazine rings is 1. The lowest BCUT2D eigenvalue weighted by Crippen LogP contribution is -2.55. The first-order chi connectivity index (χ1) is 9.16. The Morgan fingerprint density at radius 2 is 2.05 bits per heavy atom. The summed E-state index contributed by atoms with van der Waals surface area (Å²) >= 11 is 0. The largest absolute Gasteiger partial charge is 0.480 e. The molecule has 1 aromatic rings.